The summed E-state index contributed by atoms with van der Waals surface area (Å²) in [4.78, 5) is 41.1. The van der Waals surface area contributed by atoms with Crippen LogP contribution in [0.25, 0.3) is 5.57 Å². The molecule has 0 spiro atoms. The van der Waals surface area contributed by atoms with Crippen molar-refractivity contribution in [3.63, 3.8) is 0 Å². The number of carboxylic acids is 1. The molecule has 0 radical (unpaired) electrons. The molecule has 2 aromatic rings. The number of benzene rings is 2. The van der Waals surface area contributed by atoms with Crippen LogP contribution in [0.2, 0.25) is 0 Å². The summed E-state index contributed by atoms with van der Waals surface area (Å²) in [6, 6.07) is 11.5. The summed E-state index contributed by atoms with van der Waals surface area (Å²) in [5.41, 5.74) is 3.85. The molecule has 2 aliphatic rings. The van der Waals surface area contributed by atoms with Crippen molar-refractivity contribution < 1.29 is 19.5 Å². The van der Waals surface area contributed by atoms with Gasteiger partial charge in [0.2, 0.25) is 0 Å². The van der Waals surface area contributed by atoms with E-state index < -0.39 is 17.9 Å². The van der Waals surface area contributed by atoms with Gasteiger partial charge >= 0.3 is 5.97 Å². The largest absolute Gasteiger partial charge is 0.480 e. The first-order chi connectivity index (χ1) is 14.2. The highest BCUT2D eigenvalue weighted by Crippen LogP contribution is 2.46. The predicted molar refractivity (Wildman–Crippen MR) is 122 cm³/mol. The number of hydrogen-bond acceptors (Lipinski definition) is 5. The Kier molecular flexibility index (Phi) is 4.99. The van der Waals surface area contributed by atoms with Crippen molar-refractivity contribution in [3.05, 3.63) is 64.1 Å². The lowest BCUT2D eigenvalue weighted by molar-refractivity contribution is -0.139. The average molecular weight is 439 g/mol. The van der Waals surface area contributed by atoms with Gasteiger partial charge in [-0.25, -0.2) is 4.79 Å². The summed E-state index contributed by atoms with van der Waals surface area (Å²) >= 11 is 6.55. The van der Waals surface area contributed by atoms with E-state index in [1.165, 1.54) is 16.7 Å². The van der Waals surface area contributed by atoms with Crippen molar-refractivity contribution in [2.24, 2.45) is 0 Å². The Morgan fingerprint density at radius 2 is 1.77 bits per heavy atom. The fourth-order valence-corrected chi connectivity index (χ4v) is 5.09. The Morgan fingerprint density at radius 3 is 2.43 bits per heavy atom. The molecule has 0 aliphatic carbocycles. The number of aryl methyl sites for hydroxylation is 2. The smallest absolute Gasteiger partial charge is 0.326 e. The summed E-state index contributed by atoms with van der Waals surface area (Å²) in [5.74, 6) is -2.01. The number of carbonyl (C=O) groups excluding carboxylic acids is 2. The molecule has 1 N–H and O–H groups in total. The van der Waals surface area contributed by atoms with Crippen molar-refractivity contribution in [1.82, 2.24) is 0 Å². The quantitative estimate of drug-likeness (QED) is 0.579. The Morgan fingerprint density at radius 1 is 1.07 bits per heavy atom. The van der Waals surface area contributed by atoms with Crippen LogP contribution in [0, 0.1) is 13.8 Å². The second kappa shape index (κ2) is 7.37. The lowest BCUT2D eigenvalue weighted by Crippen LogP contribution is -2.41. The van der Waals surface area contributed by atoms with Crippen LogP contribution in [0.4, 0.5) is 11.4 Å². The zero-order chi connectivity index (χ0) is 21.7. The molecule has 0 aromatic heterocycles. The number of carboxylic acid groups (broad SMARTS) is 1. The molecule has 4 rings (SSSR count). The summed E-state index contributed by atoms with van der Waals surface area (Å²) in [7, 11) is 0. The maximum absolute atomic E-state index is 13.4. The second-order valence-corrected chi connectivity index (χ2v) is 8.85. The fourth-order valence-electron chi connectivity index (χ4n) is 3.74. The molecule has 2 heterocycles. The highest BCUT2D eigenvalue weighted by Gasteiger charge is 2.44. The molecule has 1 atom stereocenters. The normalized spacial score (nSPS) is 19.5. The summed E-state index contributed by atoms with van der Waals surface area (Å²) in [6.07, 6.45) is 0. The molecular weight excluding hydrogens is 420 g/mol. The second-order valence-electron chi connectivity index (χ2n) is 7.21. The van der Waals surface area contributed by atoms with Gasteiger partial charge in [0.15, 0.2) is 4.32 Å². The van der Waals surface area contributed by atoms with Crippen LogP contribution >= 0.6 is 24.0 Å². The van der Waals surface area contributed by atoms with Crippen molar-refractivity contribution in [1.29, 1.82) is 0 Å². The van der Waals surface area contributed by atoms with Crippen LogP contribution in [0.5, 0.6) is 0 Å². The highest BCUT2D eigenvalue weighted by atomic mass is 32.2. The number of fused-ring (bicyclic) bond motifs is 1. The number of nitrogens with zero attached hydrogens (tertiary/aromatic N) is 2. The highest BCUT2D eigenvalue weighted by molar-refractivity contribution is 8.27. The van der Waals surface area contributed by atoms with E-state index in [-0.39, 0.29) is 16.4 Å². The number of anilines is 2. The Labute approximate surface area is 183 Å². The first kappa shape index (κ1) is 20.3. The van der Waals surface area contributed by atoms with Crippen molar-refractivity contribution in [2.75, 3.05) is 9.80 Å². The van der Waals surface area contributed by atoms with Crippen molar-refractivity contribution in [3.8, 4) is 0 Å². The number of aliphatic carboxylic acids is 1. The number of amides is 2. The van der Waals surface area contributed by atoms with E-state index in [4.69, 9.17) is 12.2 Å². The number of para-hydroxylation sites is 1. The van der Waals surface area contributed by atoms with Crippen LogP contribution in [0.1, 0.15) is 23.6 Å². The Hall–Kier alpha value is -2.97. The lowest BCUT2D eigenvalue weighted by Gasteiger charge is -2.21. The molecule has 8 heteroatoms. The van der Waals surface area contributed by atoms with Gasteiger partial charge in [-0.3, -0.25) is 19.4 Å². The maximum Gasteiger partial charge on any atom is 0.326 e. The van der Waals surface area contributed by atoms with E-state index in [9.17, 15) is 19.5 Å². The number of thioether (sulfide) groups is 1. The van der Waals surface area contributed by atoms with E-state index in [0.717, 1.165) is 22.9 Å². The first-order valence-electron chi connectivity index (χ1n) is 9.26. The minimum Gasteiger partial charge on any atom is -0.480 e. The first-order valence-corrected chi connectivity index (χ1v) is 10.5. The Balaban J connectivity index is 1.85. The van der Waals surface area contributed by atoms with Gasteiger partial charge in [0, 0.05) is 5.56 Å². The minimum atomic E-state index is -1.12. The van der Waals surface area contributed by atoms with Gasteiger partial charge in [-0.15, -0.1) is 0 Å². The zero-order valence-electron chi connectivity index (χ0n) is 16.5. The SMILES string of the molecule is Cc1ccc(N2C(=O)C(=C3C(=O)N(C(C)C(=O)O)c4ccccc43)SC2=S)c(C)c1. The third-order valence-electron chi connectivity index (χ3n) is 5.20. The summed E-state index contributed by atoms with van der Waals surface area (Å²) in [6.45, 7) is 5.32. The standard InChI is InChI=1S/C22H18N2O4S2/c1-11-8-9-15(12(2)10-11)24-20(26)18(30-22(24)29)17-14-6-4-5-7-16(14)23(19(17)25)13(3)21(27)28/h4-10,13H,1-3H3,(H,27,28). The lowest BCUT2D eigenvalue weighted by atomic mass is 10.1. The van der Waals surface area contributed by atoms with Crippen LogP contribution in [-0.4, -0.2) is 33.3 Å². The van der Waals surface area contributed by atoms with E-state index in [1.807, 2.05) is 32.0 Å². The number of carbonyl (C=O) groups is 3. The van der Waals surface area contributed by atoms with Crippen LogP contribution < -0.4 is 9.80 Å². The topological polar surface area (TPSA) is 77.9 Å². The van der Waals surface area contributed by atoms with Gasteiger partial charge in [-0.2, -0.15) is 0 Å². The molecule has 30 heavy (non-hydrogen) atoms. The van der Waals surface area contributed by atoms with Gasteiger partial charge < -0.3 is 5.11 Å². The minimum absolute atomic E-state index is 0.198. The molecule has 1 unspecified atom stereocenters. The molecule has 2 aliphatic heterocycles. The molecule has 0 bridgehead atoms. The zero-order valence-corrected chi connectivity index (χ0v) is 18.1. The molecular formula is C22H18N2O4S2. The van der Waals surface area contributed by atoms with Crippen LogP contribution in [0.3, 0.4) is 0 Å². The van der Waals surface area contributed by atoms with Crippen LogP contribution in [0.15, 0.2) is 47.4 Å². The fraction of sp³-hybridized carbons (Fsp3) is 0.182. The predicted octanol–water partition coefficient (Wildman–Crippen LogP) is 3.90. The van der Waals surface area contributed by atoms with Gasteiger partial charge in [0.25, 0.3) is 11.8 Å². The third-order valence-corrected chi connectivity index (χ3v) is 6.57. The van der Waals surface area contributed by atoms with Gasteiger partial charge in [0.05, 0.1) is 21.9 Å². The van der Waals surface area contributed by atoms with E-state index in [0.29, 0.717) is 21.3 Å². The van der Waals surface area contributed by atoms with Crippen LogP contribution in [-0.2, 0) is 14.4 Å². The van der Waals surface area contributed by atoms with Crippen molar-refractivity contribution in [2.45, 2.75) is 26.8 Å². The number of thiocarbonyl (C=S) groups is 1. The molecule has 152 valence electrons. The third kappa shape index (κ3) is 3.03. The van der Waals surface area contributed by atoms with Gasteiger partial charge in [-0.1, -0.05) is 59.9 Å². The Bertz CT molecular complexity index is 1170. The summed E-state index contributed by atoms with van der Waals surface area (Å²) in [5, 5.41) is 9.46. The van der Waals surface area contributed by atoms with E-state index >= 15 is 0 Å². The molecule has 6 nitrogen and oxygen atoms in total. The summed E-state index contributed by atoms with van der Waals surface area (Å²) < 4.78 is 0.337. The molecule has 1 fully saturated rings. The number of rotatable bonds is 3. The molecule has 2 amide bonds. The monoisotopic (exact) mass is 438 g/mol. The molecule has 0 saturated carbocycles. The van der Waals surface area contributed by atoms with E-state index in [2.05, 4.69) is 0 Å². The van der Waals surface area contributed by atoms with Crippen molar-refractivity contribution >= 4 is 63.0 Å². The van der Waals surface area contributed by atoms with Gasteiger partial charge in [-0.05, 0) is 38.5 Å². The van der Waals surface area contributed by atoms with E-state index in [1.54, 1.807) is 24.3 Å². The average Bonchev–Trinajstić information content (AvgIpc) is 3.14. The van der Waals surface area contributed by atoms with Gasteiger partial charge in [0.1, 0.15) is 6.04 Å². The maximum atomic E-state index is 13.4. The molecule has 2 aromatic carbocycles. The molecule has 1 saturated heterocycles. The number of hydrogen-bond donors (Lipinski definition) is 1.